The van der Waals surface area contributed by atoms with Crippen LogP contribution in [-0.4, -0.2) is 45.6 Å². The molecule has 1 aliphatic heterocycles. The van der Waals surface area contributed by atoms with E-state index in [0.29, 0.717) is 13.2 Å². The molecular weight excluding hydrogens is 568 g/mol. The Morgan fingerprint density at radius 3 is 2.53 bits per heavy atom. The second-order valence-electron chi connectivity index (χ2n) is 11.4. The third kappa shape index (κ3) is 6.17. The van der Waals surface area contributed by atoms with Gasteiger partial charge in [-0.05, 0) is 71.0 Å². The number of methoxy groups -OCH3 is 1. The number of hydrogen-bond acceptors (Lipinski definition) is 7. The molecule has 45 heavy (non-hydrogen) atoms. The molecule has 9 heteroatoms. The number of aromatic nitrogens is 3. The Kier molecular flexibility index (Phi) is 8.62. The van der Waals surface area contributed by atoms with Crippen molar-refractivity contribution in [1.82, 2.24) is 19.9 Å². The Bertz CT molecular complexity index is 1830. The van der Waals surface area contributed by atoms with E-state index in [0.717, 1.165) is 55.7 Å². The number of nitrogens with zero attached hydrogens (tertiary/aromatic N) is 4. The summed E-state index contributed by atoms with van der Waals surface area (Å²) >= 11 is 0. The van der Waals surface area contributed by atoms with Crippen LogP contribution < -0.4 is 4.74 Å². The number of ether oxygens (including phenoxy) is 3. The second-order valence-corrected chi connectivity index (χ2v) is 11.4. The molecule has 1 aliphatic rings. The van der Waals surface area contributed by atoms with Gasteiger partial charge in [-0.15, -0.1) is 5.10 Å². The molecule has 0 N–H and O–H groups in total. The summed E-state index contributed by atoms with van der Waals surface area (Å²) in [5.41, 5.74) is 8.56. The molecule has 2 atom stereocenters. The van der Waals surface area contributed by atoms with Gasteiger partial charge in [-0.25, -0.2) is 14.4 Å². The van der Waals surface area contributed by atoms with E-state index in [1.165, 1.54) is 4.90 Å². The van der Waals surface area contributed by atoms with Crippen molar-refractivity contribution in [3.8, 4) is 5.75 Å². The van der Waals surface area contributed by atoms with Gasteiger partial charge < -0.3 is 14.2 Å². The van der Waals surface area contributed by atoms with Crippen LogP contribution in [0.5, 0.6) is 5.75 Å². The first-order valence-electron chi connectivity index (χ1n) is 15.0. The maximum absolute atomic E-state index is 14.1. The molecule has 1 aromatic heterocycles. The number of rotatable bonds is 10. The molecule has 0 aliphatic carbocycles. The molecule has 6 rings (SSSR count). The smallest absolute Gasteiger partial charge is 0.417 e. The van der Waals surface area contributed by atoms with Crippen molar-refractivity contribution < 1.29 is 23.8 Å². The minimum atomic E-state index is -0.620. The van der Waals surface area contributed by atoms with Crippen LogP contribution in [0.1, 0.15) is 57.3 Å². The molecule has 2 heterocycles. The average Bonchev–Trinajstić information content (AvgIpc) is 3.64. The number of carbonyl (C=O) groups excluding carboxylic acids is 2. The van der Waals surface area contributed by atoms with Crippen LogP contribution in [0.25, 0.3) is 11.0 Å². The SMILES string of the molecule is COc1ccc(COCc2cc([C@@H](CC(=O)N3C(=O)OC[C@@H]3c3ccccc3)c3ccc4c(nnn4C)c3C)ccc2C)cc1. The van der Waals surface area contributed by atoms with E-state index in [1.807, 2.05) is 80.7 Å². The largest absolute Gasteiger partial charge is 0.497 e. The highest BCUT2D eigenvalue weighted by Crippen LogP contribution is 2.37. The Labute approximate surface area is 262 Å². The van der Waals surface area contributed by atoms with Gasteiger partial charge in [0.05, 0.1) is 25.8 Å². The number of imide groups is 1. The molecule has 2 amide bonds. The molecule has 4 aromatic carbocycles. The first-order valence-corrected chi connectivity index (χ1v) is 15.0. The number of carbonyl (C=O) groups is 2. The highest BCUT2D eigenvalue weighted by Gasteiger charge is 2.40. The van der Waals surface area contributed by atoms with E-state index < -0.39 is 12.1 Å². The van der Waals surface area contributed by atoms with Crippen LogP contribution >= 0.6 is 0 Å². The van der Waals surface area contributed by atoms with Crippen LogP contribution in [0.2, 0.25) is 0 Å². The molecule has 0 saturated carbocycles. The van der Waals surface area contributed by atoms with Gasteiger partial charge >= 0.3 is 6.09 Å². The predicted molar refractivity (Wildman–Crippen MR) is 170 cm³/mol. The summed E-state index contributed by atoms with van der Waals surface area (Å²) in [6.45, 7) is 5.05. The zero-order valence-electron chi connectivity index (χ0n) is 25.9. The third-order valence-electron chi connectivity index (χ3n) is 8.62. The quantitative estimate of drug-likeness (QED) is 0.178. The molecule has 1 saturated heterocycles. The highest BCUT2D eigenvalue weighted by molar-refractivity contribution is 5.94. The normalized spacial score (nSPS) is 15.3. The Morgan fingerprint density at radius 1 is 1.00 bits per heavy atom. The van der Waals surface area contributed by atoms with Gasteiger partial charge in [0, 0.05) is 19.4 Å². The Morgan fingerprint density at radius 2 is 1.78 bits per heavy atom. The predicted octanol–water partition coefficient (Wildman–Crippen LogP) is 6.55. The maximum Gasteiger partial charge on any atom is 0.417 e. The molecule has 5 aromatic rings. The number of aryl methyl sites for hydroxylation is 3. The molecule has 1 fully saturated rings. The van der Waals surface area contributed by atoms with E-state index >= 15 is 0 Å². The van der Waals surface area contributed by atoms with Crippen LogP contribution in [0, 0.1) is 13.8 Å². The van der Waals surface area contributed by atoms with Gasteiger partial charge in [-0.3, -0.25) is 4.79 Å². The molecule has 0 spiro atoms. The van der Waals surface area contributed by atoms with Crippen molar-refractivity contribution >= 4 is 23.0 Å². The van der Waals surface area contributed by atoms with Gasteiger partial charge in [0.1, 0.15) is 23.9 Å². The molecular formula is C36H36N4O5. The number of benzene rings is 4. The monoisotopic (exact) mass is 604 g/mol. The number of cyclic esters (lactones) is 1. The highest BCUT2D eigenvalue weighted by atomic mass is 16.6. The van der Waals surface area contributed by atoms with Crippen LogP contribution in [-0.2, 0) is 34.5 Å². The van der Waals surface area contributed by atoms with Crippen molar-refractivity contribution in [2.75, 3.05) is 13.7 Å². The van der Waals surface area contributed by atoms with Gasteiger partial charge in [0.2, 0.25) is 5.91 Å². The van der Waals surface area contributed by atoms with Gasteiger partial charge in [-0.2, -0.15) is 0 Å². The third-order valence-corrected chi connectivity index (χ3v) is 8.62. The van der Waals surface area contributed by atoms with Gasteiger partial charge in [-0.1, -0.05) is 71.9 Å². The minimum absolute atomic E-state index is 0.0697. The molecule has 0 radical (unpaired) electrons. The van der Waals surface area contributed by atoms with Crippen molar-refractivity contribution in [3.63, 3.8) is 0 Å². The molecule has 0 unspecified atom stereocenters. The van der Waals surface area contributed by atoms with Crippen molar-refractivity contribution in [1.29, 1.82) is 0 Å². The van der Waals surface area contributed by atoms with E-state index in [1.54, 1.807) is 11.8 Å². The standard InChI is InChI=1S/C36H36N4O5/c1-23-10-13-27(18-28(23)21-44-20-25-11-14-29(43-4)15-12-25)31(30-16-17-32-35(24(30)2)37-38-39(32)3)19-34(41)40-33(22-45-36(40)42)26-8-6-5-7-9-26/h5-18,31,33H,19-22H2,1-4H3/t31-,33-/m1/s1. The lowest BCUT2D eigenvalue weighted by Crippen LogP contribution is -2.35. The summed E-state index contributed by atoms with van der Waals surface area (Å²) in [5, 5.41) is 8.61. The zero-order chi connectivity index (χ0) is 31.5. The van der Waals surface area contributed by atoms with Crippen LogP contribution in [0.3, 0.4) is 0 Å². The summed E-state index contributed by atoms with van der Waals surface area (Å²) in [6.07, 6.45) is -0.550. The first-order chi connectivity index (χ1) is 21.8. The zero-order valence-corrected chi connectivity index (χ0v) is 25.9. The fourth-order valence-corrected chi connectivity index (χ4v) is 5.99. The van der Waals surface area contributed by atoms with E-state index in [9.17, 15) is 9.59 Å². The average molecular weight is 605 g/mol. The fraction of sp³-hybridized carbons (Fsp3) is 0.278. The summed E-state index contributed by atoms with van der Waals surface area (Å²) in [7, 11) is 3.50. The minimum Gasteiger partial charge on any atom is -0.497 e. The van der Waals surface area contributed by atoms with Crippen LogP contribution in [0.4, 0.5) is 4.79 Å². The summed E-state index contributed by atoms with van der Waals surface area (Å²) < 4.78 is 18.5. The molecule has 0 bridgehead atoms. The number of fused-ring (bicyclic) bond motifs is 1. The molecule has 230 valence electrons. The maximum atomic E-state index is 14.1. The molecule has 9 nitrogen and oxygen atoms in total. The summed E-state index contributed by atoms with van der Waals surface area (Å²) in [6, 6.07) is 27.1. The van der Waals surface area contributed by atoms with Crippen molar-refractivity contribution in [2.24, 2.45) is 7.05 Å². The van der Waals surface area contributed by atoms with E-state index in [-0.39, 0.29) is 24.9 Å². The van der Waals surface area contributed by atoms with Crippen molar-refractivity contribution in [3.05, 3.63) is 124 Å². The fourth-order valence-electron chi connectivity index (χ4n) is 5.99. The van der Waals surface area contributed by atoms with Gasteiger partial charge in [0.25, 0.3) is 0 Å². The van der Waals surface area contributed by atoms with Gasteiger partial charge in [0.15, 0.2) is 0 Å². The lowest BCUT2D eigenvalue weighted by Gasteiger charge is -2.25. The second kappa shape index (κ2) is 12.9. The van der Waals surface area contributed by atoms with Crippen molar-refractivity contribution in [2.45, 2.75) is 45.4 Å². The Balaban J connectivity index is 1.32. The van der Waals surface area contributed by atoms with E-state index in [2.05, 4.69) is 35.4 Å². The number of amides is 2. The lowest BCUT2D eigenvalue weighted by atomic mass is 9.84. The van der Waals surface area contributed by atoms with Crippen LogP contribution in [0.15, 0.2) is 84.9 Å². The summed E-state index contributed by atoms with van der Waals surface area (Å²) in [4.78, 5) is 28.2. The topological polar surface area (TPSA) is 95.8 Å². The number of hydrogen-bond donors (Lipinski definition) is 0. The van der Waals surface area contributed by atoms with E-state index in [4.69, 9.17) is 14.2 Å². The lowest BCUT2D eigenvalue weighted by molar-refractivity contribution is -0.129. The summed E-state index contributed by atoms with van der Waals surface area (Å²) in [5.74, 6) is 0.151. The Hall–Kier alpha value is -5.02. The first kappa shape index (κ1) is 30.0.